The molecule has 0 bridgehead atoms. The number of carbonyl (C=O) groups is 2. The van der Waals surface area contributed by atoms with Crippen molar-refractivity contribution < 1.29 is 26.8 Å². The SMILES string of the molecule is CS(=O)(=O)C1CCN(c2cc(F)c(N3CCC[C@@H](NC(N)=O)C3=O)c(F)c2)C1. The minimum absolute atomic E-state index is 0.114. The van der Waals surface area contributed by atoms with E-state index in [4.69, 9.17) is 5.73 Å². The van der Waals surface area contributed by atoms with Gasteiger partial charge in [-0.2, -0.15) is 0 Å². The van der Waals surface area contributed by atoms with Gasteiger partial charge in [-0.05, 0) is 31.4 Å². The minimum Gasteiger partial charge on any atom is -0.370 e. The number of piperidine rings is 1. The molecule has 2 saturated heterocycles. The van der Waals surface area contributed by atoms with Crippen molar-refractivity contribution in [1.82, 2.24) is 5.32 Å². The van der Waals surface area contributed by atoms with Gasteiger partial charge in [0, 0.05) is 31.6 Å². The van der Waals surface area contributed by atoms with Crippen molar-refractivity contribution in [3.8, 4) is 0 Å². The molecule has 8 nitrogen and oxygen atoms in total. The van der Waals surface area contributed by atoms with E-state index in [-0.39, 0.29) is 18.8 Å². The lowest BCUT2D eigenvalue weighted by molar-refractivity contribution is -0.121. The molecule has 3 N–H and O–H groups in total. The summed E-state index contributed by atoms with van der Waals surface area (Å²) in [6, 6.07) is 0.382. The number of urea groups is 1. The van der Waals surface area contributed by atoms with Gasteiger partial charge in [0.05, 0.1) is 5.25 Å². The molecule has 1 aromatic carbocycles. The average Bonchev–Trinajstić information content (AvgIpc) is 3.07. The second kappa shape index (κ2) is 7.53. The molecule has 2 atom stereocenters. The van der Waals surface area contributed by atoms with E-state index < -0.39 is 50.4 Å². The third kappa shape index (κ3) is 4.03. The molecule has 0 saturated carbocycles. The van der Waals surface area contributed by atoms with Crippen molar-refractivity contribution in [2.45, 2.75) is 30.6 Å². The lowest BCUT2D eigenvalue weighted by Crippen LogP contribution is -2.54. The topological polar surface area (TPSA) is 113 Å². The smallest absolute Gasteiger partial charge is 0.312 e. The molecular weight excluding hydrogens is 394 g/mol. The first-order valence-corrected chi connectivity index (χ1v) is 10.8. The van der Waals surface area contributed by atoms with E-state index in [1.807, 2.05) is 0 Å². The number of nitrogens with one attached hydrogen (secondary N) is 1. The van der Waals surface area contributed by atoms with Gasteiger partial charge in [-0.1, -0.05) is 0 Å². The van der Waals surface area contributed by atoms with Crippen LogP contribution in [0.2, 0.25) is 0 Å². The van der Waals surface area contributed by atoms with Crippen LogP contribution < -0.4 is 20.9 Å². The number of rotatable bonds is 4. The molecule has 11 heteroatoms. The molecule has 0 radical (unpaired) electrons. The molecule has 0 aromatic heterocycles. The van der Waals surface area contributed by atoms with Crippen LogP contribution in [-0.2, 0) is 14.6 Å². The Morgan fingerprint density at radius 1 is 1.21 bits per heavy atom. The van der Waals surface area contributed by atoms with Gasteiger partial charge in [-0.3, -0.25) is 4.79 Å². The minimum atomic E-state index is -3.24. The van der Waals surface area contributed by atoms with E-state index in [9.17, 15) is 26.8 Å². The number of hydrogen-bond acceptors (Lipinski definition) is 5. The zero-order valence-corrected chi connectivity index (χ0v) is 16.1. The second-order valence-electron chi connectivity index (χ2n) is 7.14. The maximum Gasteiger partial charge on any atom is 0.312 e. The Balaban J connectivity index is 1.85. The van der Waals surface area contributed by atoms with Crippen molar-refractivity contribution >= 4 is 33.2 Å². The maximum absolute atomic E-state index is 14.8. The molecule has 3 rings (SSSR count). The third-order valence-corrected chi connectivity index (χ3v) is 6.74. The van der Waals surface area contributed by atoms with Crippen LogP contribution in [-0.4, -0.2) is 57.5 Å². The summed E-state index contributed by atoms with van der Waals surface area (Å²) in [5.41, 5.74) is 4.78. The van der Waals surface area contributed by atoms with Gasteiger partial charge in [0.15, 0.2) is 21.5 Å². The molecule has 2 aliphatic rings. The predicted octanol–water partition coefficient (Wildman–Crippen LogP) is 0.752. The van der Waals surface area contributed by atoms with Gasteiger partial charge >= 0.3 is 6.03 Å². The number of hydrogen-bond donors (Lipinski definition) is 2. The third-order valence-electron chi connectivity index (χ3n) is 5.14. The summed E-state index contributed by atoms with van der Waals surface area (Å²) in [4.78, 5) is 26.1. The summed E-state index contributed by atoms with van der Waals surface area (Å²) in [6.07, 6.45) is 2.30. The molecular formula is C17H22F2N4O4S. The first-order chi connectivity index (χ1) is 13.1. The Bertz CT molecular complexity index is 885. The lowest BCUT2D eigenvalue weighted by atomic mass is 10.0. The predicted molar refractivity (Wildman–Crippen MR) is 99.9 cm³/mol. The number of sulfone groups is 1. The number of benzene rings is 1. The normalized spacial score (nSPS) is 23.2. The van der Waals surface area contributed by atoms with Gasteiger partial charge < -0.3 is 20.9 Å². The maximum atomic E-state index is 14.8. The molecule has 28 heavy (non-hydrogen) atoms. The van der Waals surface area contributed by atoms with E-state index in [0.29, 0.717) is 25.8 Å². The van der Waals surface area contributed by atoms with Crippen LogP contribution in [0.25, 0.3) is 0 Å². The van der Waals surface area contributed by atoms with Crippen molar-refractivity contribution in [1.29, 1.82) is 0 Å². The number of nitrogens with two attached hydrogens (primary N) is 1. The number of halogens is 2. The molecule has 1 aromatic rings. The highest BCUT2D eigenvalue weighted by Gasteiger charge is 2.35. The van der Waals surface area contributed by atoms with E-state index in [1.54, 1.807) is 4.90 Å². The van der Waals surface area contributed by atoms with Gasteiger partial charge in [0.1, 0.15) is 11.7 Å². The van der Waals surface area contributed by atoms with Gasteiger partial charge in [-0.25, -0.2) is 22.0 Å². The first kappa shape index (κ1) is 20.3. The Labute approximate surface area is 161 Å². The first-order valence-electron chi connectivity index (χ1n) is 8.88. The zero-order valence-electron chi connectivity index (χ0n) is 15.3. The highest BCUT2D eigenvalue weighted by molar-refractivity contribution is 7.91. The highest BCUT2D eigenvalue weighted by Crippen LogP contribution is 2.33. The molecule has 2 heterocycles. The van der Waals surface area contributed by atoms with Crippen LogP contribution in [0, 0.1) is 11.6 Å². The zero-order chi connectivity index (χ0) is 20.6. The lowest BCUT2D eigenvalue weighted by Gasteiger charge is -2.33. The van der Waals surface area contributed by atoms with Crippen LogP contribution in [0.4, 0.5) is 25.0 Å². The van der Waals surface area contributed by atoms with Crippen molar-refractivity contribution in [2.75, 3.05) is 35.7 Å². The summed E-state index contributed by atoms with van der Waals surface area (Å²) in [5.74, 6) is -2.48. The fourth-order valence-corrected chi connectivity index (χ4v) is 4.69. The number of carbonyl (C=O) groups excluding carboxylic acids is 2. The van der Waals surface area contributed by atoms with Crippen molar-refractivity contribution in [3.05, 3.63) is 23.8 Å². The molecule has 2 aliphatic heterocycles. The van der Waals surface area contributed by atoms with E-state index in [2.05, 4.69) is 5.32 Å². The second-order valence-corrected chi connectivity index (χ2v) is 9.46. The van der Waals surface area contributed by atoms with Crippen LogP contribution >= 0.6 is 0 Å². The molecule has 0 aliphatic carbocycles. The van der Waals surface area contributed by atoms with Crippen LogP contribution in [0.1, 0.15) is 19.3 Å². The highest BCUT2D eigenvalue weighted by atomic mass is 32.2. The molecule has 2 fully saturated rings. The van der Waals surface area contributed by atoms with Gasteiger partial charge in [0.25, 0.3) is 0 Å². The van der Waals surface area contributed by atoms with Crippen LogP contribution in [0.5, 0.6) is 0 Å². The van der Waals surface area contributed by atoms with Crippen LogP contribution in [0.3, 0.4) is 0 Å². The Morgan fingerprint density at radius 2 is 1.86 bits per heavy atom. The molecule has 0 spiro atoms. The fraction of sp³-hybridized carbons (Fsp3) is 0.529. The summed E-state index contributed by atoms with van der Waals surface area (Å²) in [7, 11) is -3.24. The van der Waals surface area contributed by atoms with Gasteiger partial charge in [0.2, 0.25) is 5.91 Å². The average molecular weight is 416 g/mol. The quantitative estimate of drug-likeness (QED) is 0.752. The summed E-state index contributed by atoms with van der Waals surface area (Å²) >= 11 is 0. The summed E-state index contributed by atoms with van der Waals surface area (Å²) in [5, 5.41) is 1.70. The molecule has 3 amide bonds. The van der Waals surface area contributed by atoms with Crippen molar-refractivity contribution in [3.63, 3.8) is 0 Å². The Kier molecular flexibility index (Phi) is 5.46. The summed E-state index contributed by atoms with van der Waals surface area (Å²) in [6.45, 7) is 0.635. The molecule has 1 unspecified atom stereocenters. The van der Waals surface area contributed by atoms with Crippen LogP contribution in [0.15, 0.2) is 12.1 Å². The molecule has 154 valence electrons. The fourth-order valence-electron chi connectivity index (χ4n) is 3.71. The number of anilines is 2. The van der Waals surface area contributed by atoms with Crippen molar-refractivity contribution in [2.24, 2.45) is 5.73 Å². The van der Waals surface area contributed by atoms with Gasteiger partial charge in [-0.15, -0.1) is 0 Å². The monoisotopic (exact) mass is 416 g/mol. The Hall–Kier alpha value is -2.43. The Morgan fingerprint density at radius 3 is 2.39 bits per heavy atom. The van der Waals surface area contributed by atoms with E-state index in [1.165, 1.54) is 0 Å². The number of primary amides is 1. The number of amides is 3. The number of nitrogens with zero attached hydrogens (tertiary/aromatic N) is 2. The van der Waals surface area contributed by atoms with E-state index in [0.717, 1.165) is 23.3 Å². The summed E-state index contributed by atoms with van der Waals surface area (Å²) < 4.78 is 52.9. The standard InChI is InChI=1S/C17H22F2N4O4S/c1-28(26,27)11-4-6-22(9-11)10-7-12(18)15(13(19)8-10)23-5-2-3-14(16(23)24)21-17(20)25/h7-8,11,14H,2-6,9H2,1H3,(H3,20,21,25)/t11?,14-/m1/s1. The van der Waals surface area contributed by atoms with E-state index >= 15 is 0 Å². The largest absolute Gasteiger partial charge is 0.370 e.